The lowest BCUT2D eigenvalue weighted by molar-refractivity contribution is 0.621. The van der Waals surface area contributed by atoms with Gasteiger partial charge in [-0.1, -0.05) is 20.8 Å². The van der Waals surface area contributed by atoms with Crippen LogP contribution >= 0.6 is 11.3 Å². The summed E-state index contributed by atoms with van der Waals surface area (Å²) in [5.74, 6) is 0.539. The monoisotopic (exact) mass is 224 g/mol. The van der Waals surface area contributed by atoms with Gasteiger partial charge in [-0.05, 0) is 19.4 Å². The van der Waals surface area contributed by atoms with Crippen molar-refractivity contribution in [3.63, 3.8) is 0 Å². The highest BCUT2D eigenvalue weighted by molar-refractivity contribution is 7.09. The quantitative estimate of drug-likeness (QED) is 0.832. The molecule has 1 saturated carbocycles. The maximum atomic E-state index is 4.78. The fourth-order valence-electron chi connectivity index (χ4n) is 1.66. The average Bonchev–Trinajstić information content (AvgIpc) is 2.82. The van der Waals surface area contributed by atoms with Gasteiger partial charge < -0.3 is 5.32 Å². The van der Waals surface area contributed by atoms with Gasteiger partial charge in [0.15, 0.2) is 0 Å². The molecular weight excluding hydrogens is 204 g/mol. The topological polar surface area (TPSA) is 24.9 Å². The molecule has 0 bridgehead atoms. The number of nitrogens with one attached hydrogen (secondary N) is 1. The molecule has 3 heteroatoms. The van der Waals surface area contributed by atoms with Gasteiger partial charge in [-0.3, -0.25) is 0 Å². The molecule has 1 fully saturated rings. The first kappa shape index (κ1) is 11.1. The summed E-state index contributed by atoms with van der Waals surface area (Å²) in [7, 11) is 0. The minimum absolute atomic E-state index is 0.431. The molecule has 2 rings (SSSR count). The maximum Gasteiger partial charge on any atom is 0.0987 e. The Morgan fingerprint density at radius 2 is 2.33 bits per heavy atom. The van der Waals surface area contributed by atoms with Gasteiger partial charge in [0, 0.05) is 23.3 Å². The molecule has 1 atom stereocenters. The van der Waals surface area contributed by atoms with Gasteiger partial charge in [0.05, 0.1) is 10.7 Å². The predicted octanol–water partition coefficient (Wildman–Crippen LogP) is 2.91. The number of hydrogen-bond donors (Lipinski definition) is 1. The van der Waals surface area contributed by atoms with Crippen molar-refractivity contribution in [2.24, 2.45) is 0 Å². The van der Waals surface area contributed by atoms with Crippen molar-refractivity contribution < 1.29 is 0 Å². The van der Waals surface area contributed by atoms with Gasteiger partial charge in [-0.15, -0.1) is 11.3 Å². The Morgan fingerprint density at radius 3 is 2.93 bits per heavy atom. The molecule has 0 saturated heterocycles. The highest BCUT2D eigenvalue weighted by Gasteiger charge is 2.41. The SMILES string of the molecule is CCNCC(C)c1csc(C2(C)CC2)n1. The van der Waals surface area contributed by atoms with Gasteiger partial charge in [0.25, 0.3) is 0 Å². The standard InChI is InChI=1S/C12H20N2S/c1-4-13-7-9(2)10-8-15-11(14-10)12(3)5-6-12/h8-9,13H,4-7H2,1-3H3. The highest BCUT2D eigenvalue weighted by atomic mass is 32.1. The molecule has 15 heavy (non-hydrogen) atoms. The lowest BCUT2D eigenvalue weighted by Gasteiger charge is -2.08. The van der Waals surface area contributed by atoms with Crippen LogP contribution < -0.4 is 5.32 Å². The van der Waals surface area contributed by atoms with E-state index in [1.807, 2.05) is 11.3 Å². The average molecular weight is 224 g/mol. The third-order valence-electron chi connectivity index (χ3n) is 3.24. The second-order valence-corrected chi connectivity index (χ2v) is 5.71. The van der Waals surface area contributed by atoms with Crippen molar-refractivity contribution in [1.29, 1.82) is 0 Å². The van der Waals surface area contributed by atoms with Gasteiger partial charge >= 0.3 is 0 Å². The van der Waals surface area contributed by atoms with Crippen molar-refractivity contribution in [2.45, 2.75) is 44.9 Å². The van der Waals surface area contributed by atoms with Crippen LogP contribution in [0.15, 0.2) is 5.38 Å². The van der Waals surface area contributed by atoms with Gasteiger partial charge in [-0.2, -0.15) is 0 Å². The minimum atomic E-state index is 0.431. The third kappa shape index (κ3) is 2.40. The largest absolute Gasteiger partial charge is 0.316 e. The molecule has 1 aromatic heterocycles. The Labute approximate surface area is 96.1 Å². The van der Waals surface area contributed by atoms with E-state index in [-0.39, 0.29) is 0 Å². The molecule has 1 aromatic rings. The number of aromatic nitrogens is 1. The van der Waals surface area contributed by atoms with E-state index in [4.69, 9.17) is 4.98 Å². The third-order valence-corrected chi connectivity index (χ3v) is 4.41. The first-order chi connectivity index (χ1) is 7.15. The highest BCUT2D eigenvalue weighted by Crippen LogP contribution is 2.48. The lowest BCUT2D eigenvalue weighted by atomic mass is 10.1. The lowest BCUT2D eigenvalue weighted by Crippen LogP contribution is -2.19. The summed E-state index contributed by atoms with van der Waals surface area (Å²) in [4.78, 5) is 4.78. The summed E-state index contributed by atoms with van der Waals surface area (Å²) in [6.45, 7) is 8.79. The summed E-state index contributed by atoms with van der Waals surface area (Å²) in [6, 6.07) is 0. The summed E-state index contributed by atoms with van der Waals surface area (Å²) < 4.78 is 0. The Hall–Kier alpha value is -0.410. The van der Waals surface area contributed by atoms with Crippen molar-refractivity contribution in [3.05, 3.63) is 16.1 Å². The zero-order valence-corrected chi connectivity index (χ0v) is 10.7. The van der Waals surface area contributed by atoms with E-state index in [1.54, 1.807) is 0 Å². The molecule has 1 aliphatic rings. The molecule has 1 aliphatic carbocycles. The molecule has 0 amide bonds. The van der Waals surface area contributed by atoms with Crippen LogP contribution in [0.3, 0.4) is 0 Å². The second-order valence-electron chi connectivity index (χ2n) is 4.85. The zero-order valence-electron chi connectivity index (χ0n) is 9.84. The van der Waals surface area contributed by atoms with Crippen molar-refractivity contribution >= 4 is 11.3 Å². The van der Waals surface area contributed by atoms with E-state index in [9.17, 15) is 0 Å². The van der Waals surface area contributed by atoms with Gasteiger partial charge in [-0.25, -0.2) is 4.98 Å². The predicted molar refractivity (Wildman–Crippen MR) is 65.7 cm³/mol. The minimum Gasteiger partial charge on any atom is -0.316 e. The van der Waals surface area contributed by atoms with Crippen LogP contribution in [0.5, 0.6) is 0 Å². The Bertz CT molecular complexity index is 328. The summed E-state index contributed by atoms with van der Waals surface area (Å²) in [6.07, 6.45) is 2.64. The number of likely N-dealkylation sites (N-methyl/N-ethyl adjacent to an activating group) is 1. The molecular formula is C12H20N2S. The van der Waals surface area contributed by atoms with Crippen LogP contribution in [-0.4, -0.2) is 18.1 Å². The molecule has 0 radical (unpaired) electrons. The van der Waals surface area contributed by atoms with E-state index in [1.165, 1.54) is 23.5 Å². The van der Waals surface area contributed by atoms with E-state index < -0.39 is 0 Å². The van der Waals surface area contributed by atoms with Crippen molar-refractivity contribution in [1.82, 2.24) is 10.3 Å². The molecule has 1 unspecified atom stereocenters. The molecule has 0 aromatic carbocycles. The van der Waals surface area contributed by atoms with Crippen LogP contribution in [0.25, 0.3) is 0 Å². The summed E-state index contributed by atoms with van der Waals surface area (Å²) >= 11 is 1.84. The van der Waals surface area contributed by atoms with Crippen LogP contribution in [-0.2, 0) is 5.41 Å². The molecule has 1 N–H and O–H groups in total. The summed E-state index contributed by atoms with van der Waals surface area (Å²) in [5.41, 5.74) is 1.70. The van der Waals surface area contributed by atoms with E-state index in [2.05, 4.69) is 31.5 Å². The Kier molecular flexibility index (Phi) is 3.12. The zero-order chi connectivity index (χ0) is 10.9. The van der Waals surface area contributed by atoms with Crippen LogP contribution in [0.1, 0.15) is 50.2 Å². The normalized spacial score (nSPS) is 20.2. The number of rotatable bonds is 5. The second kappa shape index (κ2) is 4.22. The Balaban J connectivity index is 2.00. The molecule has 0 spiro atoms. The fourth-order valence-corrected chi connectivity index (χ4v) is 2.82. The smallest absolute Gasteiger partial charge is 0.0987 e. The Morgan fingerprint density at radius 1 is 1.60 bits per heavy atom. The molecule has 0 aliphatic heterocycles. The van der Waals surface area contributed by atoms with E-state index >= 15 is 0 Å². The molecule has 84 valence electrons. The summed E-state index contributed by atoms with van der Waals surface area (Å²) in [5, 5.41) is 6.96. The van der Waals surface area contributed by atoms with Gasteiger partial charge in [0.1, 0.15) is 0 Å². The number of thiazole rings is 1. The van der Waals surface area contributed by atoms with Gasteiger partial charge in [0.2, 0.25) is 0 Å². The van der Waals surface area contributed by atoms with E-state index in [0.717, 1.165) is 13.1 Å². The molecule has 1 heterocycles. The first-order valence-electron chi connectivity index (χ1n) is 5.82. The van der Waals surface area contributed by atoms with Crippen molar-refractivity contribution in [2.75, 3.05) is 13.1 Å². The number of hydrogen-bond acceptors (Lipinski definition) is 3. The van der Waals surface area contributed by atoms with E-state index in [0.29, 0.717) is 11.3 Å². The fraction of sp³-hybridized carbons (Fsp3) is 0.750. The van der Waals surface area contributed by atoms with Crippen LogP contribution in [0.4, 0.5) is 0 Å². The molecule has 2 nitrogen and oxygen atoms in total. The maximum absolute atomic E-state index is 4.78. The van der Waals surface area contributed by atoms with Crippen LogP contribution in [0.2, 0.25) is 0 Å². The number of nitrogens with zero attached hydrogens (tertiary/aromatic N) is 1. The van der Waals surface area contributed by atoms with Crippen LogP contribution in [0, 0.1) is 0 Å². The van der Waals surface area contributed by atoms with Crippen molar-refractivity contribution in [3.8, 4) is 0 Å². The first-order valence-corrected chi connectivity index (χ1v) is 6.70.